The lowest BCUT2D eigenvalue weighted by molar-refractivity contribution is -0.118. The van der Waals surface area contributed by atoms with Gasteiger partial charge in [0.1, 0.15) is 17.0 Å². The molecule has 3 rings (SSSR count). The maximum atomic E-state index is 12.6. The molecule has 0 aromatic heterocycles. The van der Waals surface area contributed by atoms with E-state index >= 15 is 0 Å². The zero-order valence-electron chi connectivity index (χ0n) is 12.7. The molecule has 2 unspecified atom stereocenters. The third kappa shape index (κ3) is 2.94. The SMILES string of the molecule is CC1N=C(c2ccccc2)c2cc(Cl)ccc2N(S(C)=O)C1=O. The number of halogens is 1. The number of hydrogen-bond acceptors (Lipinski definition) is 3. The highest BCUT2D eigenvalue weighted by molar-refractivity contribution is 7.86. The van der Waals surface area contributed by atoms with E-state index < -0.39 is 17.0 Å². The van der Waals surface area contributed by atoms with Crippen molar-refractivity contribution in [3.63, 3.8) is 0 Å². The standard InChI is InChI=1S/C17H15ClN2O2S/c1-11-17(21)20(23(2)22)15-9-8-13(18)10-14(15)16(19-11)12-6-4-3-5-7-12/h3-11H,1-2H3. The highest BCUT2D eigenvalue weighted by Crippen LogP contribution is 2.31. The minimum atomic E-state index is -1.49. The van der Waals surface area contributed by atoms with Crippen LogP contribution >= 0.6 is 11.6 Å². The molecule has 0 N–H and O–H groups in total. The first kappa shape index (κ1) is 15.9. The Balaban J connectivity index is 2.30. The first-order valence-corrected chi connectivity index (χ1v) is 8.99. The second-order valence-corrected chi connectivity index (χ2v) is 6.89. The molecule has 0 bridgehead atoms. The maximum Gasteiger partial charge on any atom is 0.263 e. The molecule has 0 spiro atoms. The smallest absolute Gasteiger partial charge is 0.263 e. The predicted octanol–water partition coefficient (Wildman–Crippen LogP) is 3.21. The van der Waals surface area contributed by atoms with Gasteiger partial charge in [-0.25, -0.2) is 8.51 Å². The van der Waals surface area contributed by atoms with E-state index in [1.165, 1.54) is 10.6 Å². The second kappa shape index (κ2) is 6.26. The van der Waals surface area contributed by atoms with E-state index in [2.05, 4.69) is 4.99 Å². The number of amides is 1. The lowest BCUT2D eigenvalue weighted by Gasteiger charge is -2.21. The van der Waals surface area contributed by atoms with E-state index in [4.69, 9.17) is 11.6 Å². The summed E-state index contributed by atoms with van der Waals surface area (Å²) in [6.45, 7) is 1.71. The van der Waals surface area contributed by atoms with Gasteiger partial charge < -0.3 is 0 Å². The Hall–Kier alpha value is -1.98. The van der Waals surface area contributed by atoms with Crippen molar-refractivity contribution < 1.29 is 9.00 Å². The van der Waals surface area contributed by atoms with Gasteiger partial charge in [0.15, 0.2) is 0 Å². The molecular formula is C17H15ClN2O2S. The largest absolute Gasteiger partial charge is 0.271 e. The molecule has 0 fully saturated rings. The van der Waals surface area contributed by atoms with Gasteiger partial charge >= 0.3 is 0 Å². The summed E-state index contributed by atoms with van der Waals surface area (Å²) >= 11 is 6.15. The summed E-state index contributed by atoms with van der Waals surface area (Å²) in [4.78, 5) is 17.2. The third-order valence-corrected chi connectivity index (χ3v) is 4.74. The van der Waals surface area contributed by atoms with Crippen LogP contribution in [0.4, 0.5) is 5.69 Å². The van der Waals surface area contributed by atoms with Crippen molar-refractivity contribution in [1.29, 1.82) is 0 Å². The lowest BCUT2D eigenvalue weighted by atomic mass is 10.0. The van der Waals surface area contributed by atoms with Crippen LogP contribution < -0.4 is 4.31 Å². The van der Waals surface area contributed by atoms with Gasteiger partial charge in [-0.15, -0.1) is 0 Å². The molecule has 1 aliphatic heterocycles. The van der Waals surface area contributed by atoms with Crippen molar-refractivity contribution in [3.8, 4) is 0 Å². The third-order valence-electron chi connectivity index (χ3n) is 3.62. The number of fused-ring (bicyclic) bond motifs is 1. The number of benzodiazepines with no additional fused rings is 1. The van der Waals surface area contributed by atoms with Crippen LogP contribution in [0.2, 0.25) is 5.02 Å². The molecule has 23 heavy (non-hydrogen) atoms. The normalized spacial score (nSPS) is 18.9. The fourth-order valence-electron chi connectivity index (χ4n) is 2.57. The number of aliphatic imine (C=N–C) groups is 1. The average Bonchev–Trinajstić information content (AvgIpc) is 2.64. The number of nitrogens with zero attached hydrogens (tertiary/aromatic N) is 2. The number of anilines is 1. The first-order valence-electron chi connectivity index (χ1n) is 7.09. The van der Waals surface area contributed by atoms with Crippen LogP contribution in [0.1, 0.15) is 18.1 Å². The molecular weight excluding hydrogens is 332 g/mol. The molecule has 0 saturated heterocycles. The van der Waals surface area contributed by atoms with Crippen LogP contribution in [0.25, 0.3) is 0 Å². The molecule has 0 saturated carbocycles. The molecule has 118 valence electrons. The highest BCUT2D eigenvalue weighted by Gasteiger charge is 2.31. The Labute approximate surface area is 142 Å². The van der Waals surface area contributed by atoms with E-state index in [1.807, 2.05) is 30.3 Å². The van der Waals surface area contributed by atoms with Gasteiger partial charge in [0, 0.05) is 22.4 Å². The summed E-state index contributed by atoms with van der Waals surface area (Å²) in [7, 11) is -1.49. The summed E-state index contributed by atoms with van der Waals surface area (Å²) in [6.07, 6.45) is 1.48. The van der Waals surface area contributed by atoms with Crippen molar-refractivity contribution in [1.82, 2.24) is 0 Å². The van der Waals surface area contributed by atoms with Gasteiger partial charge in [-0.1, -0.05) is 41.9 Å². The quantitative estimate of drug-likeness (QED) is 0.838. The summed E-state index contributed by atoms with van der Waals surface area (Å²) in [5, 5.41) is 0.538. The van der Waals surface area contributed by atoms with Gasteiger partial charge in [0.2, 0.25) is 0 Å². The average molecular weight is 347 g/mol. The Bertz CT molecular complexity index is 821. The number of benzene rings is 2. The molecule has 0 aliphatic carbocycles. The van der Waals surface area contributed by atoms with Gasteiger partial charge in [-0.3, -0.25) is 9.79 Å². The second-order valence-electron chi connectivity index (χ2n) is 5.24. The van der Waals surface area contributed by atoms with Crippen LogP contribution in [0, 0.1) is 0 Å². The zero-order valence-corrected chi connectivity index (χ0v) is 14.3. The zero-order chi connectivity index (χ0) is 16.6. The highest BCUT2D eigenvalue weighted by atomic mass is 35.5. The van der Waals surface area contributed by atoms with Gasteiger partial charge in [0.25, 0.3) is 5.91 Å². The number of rotatable bonds is 2. The molecule has 2 aromatic rings. The van der Waals surface area contributed by atoms with Crippen molar-refractivity contribution >= 4 is 39.9 Å². The Morgan fingerprint density at radius 1 is 1.17 bits per heavy atom. The molecule has 2 aromatic carbocycles. The Morgan fingerprint density at radius 3 is 2.52 bits per heavy atom. The predicted molar refractivity (Wildman–Crippen MR) is 94.5 cm³/mol. The summed E-state index contributed by atoms with van der Waals surface area (Å²) in [5.41, 5.74) is 2.83. The maximum absolute atomic E-state index is 12.6. The van der Waals surface area contributed by atoms with Crippen molar-refractivity contribution in [2.24, 2.45) is 4.99 Å². The van der Waals surface area contributed by atoms with Gasteiger partial charge in [-0.05, 0) is 25.1 Å². The molecule has 1 heterocycles. The number of hydrogen-bond donors (Lipinski definition) is 0. The van der Waals surface area contributed by atoms with Crippen molar-refractivity contribution in [2.45, 2.75) is 13.0 Å². The van der Waals surface area contributed by atoms with E-state index in [0.29, 0.717) is 22.0 Å². The molecule has 4 nitrogen and oxygen atoms in total. The lowest BCUT2D eigenvalue weighted by Crippen LogP contribution is -2.37. The topological polar surface area (TPSA) is 49.7 Å². The van der Waals surface area contributed by atoms with Crippen LogP contribution in [-0.4, -0.2) is 28.1 Å². The summed E-state index contributed by atoms with van der Waals surface area (Å²) < 4.78 is 13.4. The molecule has 2 atom stereocenters. The van der Waals surface area contributed by atoms with E-state index in [9.17, 15) is 9.00 Å². The monoisotopic (exact) mass is 346 g/mol. The van der Waals surface area contributed by atoms with Crippen LogP contribution in [0.15, 0.2) is 53.5 Å². The van der Waals surface area contributed by atoms with Crippen molar-refractivity contribution in [2.75, 3.05) is 10.6 Å². The minimum Gasteiger partial charge on any atom is -0.271 e. The Morgan fingerprint density at radius 2 is 1.87 bits per heavy atom. The van der Waals surface area contributed by atoms with E-state index in [0.717, 1.165) is 5.56 Å². The van der Waals surface area contributed by atoms with Gasteiger partial charge in [-0.2, -0.15) is 0 Å². The van der Waals surface area contributed by atoms with Crippen LogP contribution in [0.5, 0.6) is 0 Å². The minimum absolute atomic E-state index is 0.291. The van der Waals surface area contributed by atoms with Gasteiger partial charge in [0.05, 0.1) is 11.4 Å². The molecule has 1 aliphatic rings. The number of carbonyl (C=O) groups excluding carboxylic acids is 1. The molecule has 1 amide bonds. The molecule has 6 heteroatoms. The fourth-order valence-corrected chi connectivity index (χ4v) is 3.59. The van der Waals surface area contributed by atoms with Crippen LogP contribution in [-0.2, 0) is 15.8 Å². The first-order chi connectivity index (χ1) is 11.0. The van der Waals surface area contributed by atoms with Crippen molar-refractivity contribution in [3.05, 3.63) is 64.7 Å². The van der Waals surface area contributed by atoms with Crippen LogP contribution in [0.3, 0.4) is 0 Å². The fraction of sp³-hybridized carbons (Fsp3) is 0.176. The number of carbonyl (C=O) groups is 1. The summed E-state index contributed by atoms with van der Waals surface area (Å²) in [5.74, 6) is -0.291. The van der Waals surface area contributed by atoms with E-state index in [-0.39, 0.29) is 5.91 Å². The summed E-state index contributed by atoms with van der Waals surface area (Å²) in [6, 6.07) is 14.1. The molecule has 0 radical (unpaired) electrons. The van der Waals surface area contributed by atoms with E-state index in [1.54, 1.807) is 25.1 Å². The Kier molecular flexibility index (Phi) is 4.33.